The van der Waals surface area contributed by atoms with Crippen LogP contribution in [0.4, 0.5) is 5.82 Å². The van der Waals surface area contributed by atoms with Gasteiger partial charge in [-0.05, 0) is 43.3 Å². The Labute approximate surface area is 140 Å². The molecular weight excluding hydrogens is 314 g/mol. The Bertz CT molecular complexity index is 677. The SMILES string of the molecule is COc1ccc(CC(CO)Nc2nc(C)ncc2C(O)=S)cc1. The van der Waals surface area contributed by atoms with E-state index >= 15 is 0 Å². The molecule has 23 heavy (non-hydrogen) atoms. The highest BCUT2D eigenvalue weighted by Gasteiger charge is 2.15. The van der Waals surface area contributed by atoms with Crippen molar-refractivity contribution in [2.45, 2.75) is 19.4 Å². The minimum Gasteiger partial charge on any atom is -0.498 e. The third kappa shape index (κ3) is 4.61. The average Bonchev–Trinajstić information content (AvgIpc) is 2.54. The lowest BCUT2D eigenvalue weighted by atomic mass is 10.1. The summed E-state index contributed by atoms with van der Waals surface area (Å²) >= 11 is 4.80. The number of aryl methyl sites for hydroxylation is 1. The van der Waals surface area contributed by atoms with E-state index < -0.39 is 0 Å². The van der Waals surface area contributed by atoms with Gasteiger partial charge >= 0.3 is 0 Å². The lowest BCUT2D eigenvalue weighted by Crippen LogP contribution is -2.28. The van der Waals surface area contributed by atoms with E-state index in [4.69, 9.17) is 17.0 Å². The molecule has 0 aliphatic heterocycles. The molecule has 0 amide bonds. The lowest BCUT2D eigenvalue weighted by molar-refractivity contribution is 0.273. The molecular formula is C16H19N3O3S. The molecule has 3 N–H and O–H groups in total. The van der Waals surface area contributed by atoms with Gasteiger partial charge in [0.2, 0.25) is 0 Å². The van der Waals surface area contributed by atoms with Crippen LogP contribution in [0.5, 0.6) is 5.75 Å². The van der Waals surface area contributed by atoms with E-state index in [1.54, 1.807) is 14.0 Å². The van der Waals surface area contributed by atoms with Crippen molar-refractivity contribution in [2.75, 3.05) is 19.0 Å². The number of aliphatic hydroxyl groups excluding tert-OH is 2. The van der Waals surface area contributed by atoms with Gasteiger partial charge in [0.1, 0.15) is 17.4 Å². The van der Waals surface area contributed by atoms with Crippen LogP contribution in [0.3, 0.4) is 0 Å². The van der Waals surface area contributed by atoms with Crippen LogP contribution in [-0.2, 0) is 6.42 Å². The molecule has 0 radical (unpaired) electrons. The Morgan fingerprint density at radius 2 is 2.04 bits per heavy atom. The third-order valence-electron chi connectivity index (χ3n) is 3.34. The number of hydrogen-bond acceptors (Lipinski definition) is 6. The number of ether oxygens (including phenoxy) is 1. The van der Waals surface area contributed by atoms with E-state index in [1.165, 1.54) is 6.20 Å². The van der Waals surface area contributed by atoms with Crippen molar-refractivity contribution >= 4 is 23.1 Å². The van der Waals surface area contributed by atoms with Gasteiger partial charge in [-0.25, -0.2) is 9.97 Å². The summed E-state index contributed by atoms with van der Waals surface area (Å²) in [5, 5.41) is 22.0. The van der Waals surface area contributed by atoms with E-state index in [2.05, 4.69) is 15.3 Å². The molecule has 2 rings (SSSR count). The molecule has 1 unspecified atom stereocenters. The summed E-state index contributed by atoms with van der Waals surface area (Å²) in [5.41, 5.74) is 1.38. The molecule has 1 heterocycles. The fraction of sp³-hybridized carbons (Fsp3) is 0.312. The van der Waals surface area contributed by atoms with Gasteiger partial charge in [0.15, 0.2) is 5.05 Å². The smallest absolute Gasteiger partial charge is 0.194 e. The number of aromatic nitrogens is 2. The zero-order valence-corrected chi connectivity index (χ0v) is 13.8. The molecule has 0 spiro atoms. The Kier molecular flexibility index (Phi) is 5.84. The molecule has 1 atom stereocenters. The van der Waals surface area contributed by atoms with Gasteiger partial charge < -0.3 is 20.3 Å². The summed E-state index contributed by atoms with van der Waals surface area (Å²) < 4.78 is 5.13. The van der Waals surface area contributed by atoms with Crippen molar-refractivity contribution in [1.29, 1.82) is 0 Å². The first kappa shape index (κ1) is 17.1. The Morgan fingerprint density at radius 1 is 1.35 bits per heavy atom. The number of nitrogens with one attached hydrogen (secondary N) is 1. The maximum atomic E-state index is 9.62. The number of nitrogens with zero attached hydrogens (tertiary/aromatic N) is 2. The molecule has 2 aromatic rings. The molecule has 0 saturated heterocycles. The molecule has 1 aromatic heterocycles. The Morgan fingerprint density at radius 3 is 2.61 bits per heavy atom. The highest BCUT2D eigenvalue weighted by molar-refractivity contribution is 7.80. The van der Waals surface area contributed by atoms with Crippen molar-refractivity contribution in [2.24, 2.45) is 0 Å². The van der Waals surface area contributed by atoms with Crippen molar-refractivity contribution in [3.05, 3.63) is 47.4 Å². The van der Waals surface area contributed by atoms with Crippen LogP contribution in [-0.4, -0.2) is 45.0 Å². The van der Waals surface area contributed by atoms with Gasteiger partial charge in [-0.2, -0.15) is 0 Å². The molecule has 7 heteroatoms. The summed E-state index contributed by atoms with van der Waals surface area (Å²) in [6, 6.07) is 7.34. The van der Waals surface area contributed by atoms with E-state index in [0.717, 1.165) is 11.3 Å². The summed E-state index contributed by atoms with van der Waals surface area (Å²) in [5.74, 6) is 1.74. The molecule has 1 aromatic carbocycles. The van der Waals surface area contributed by atoms with Gasteiger partial charge in [0.25, 0.3) is 0 Å². The molecule has 0 saturated carbocycles. The fourth-order valence-corrected chi connectivity index (χ4v) is 2.29. The summed E-state index contributed by atoms with van der Waals surface area (Å²) in [6.07, 6.45) is 2.05. The minimum absolute atomic E-state index is 0.0906. The first-order chi connectivity index (χ1) is 11.0. The number of rotatable bonds is 7. The van der Waals surface area contributed by atoms with Crippen LogP contribution in [0, 0.1) is 6.92 Å². The van der Waals surface area contributed by atoms with Crippen LogP contribution < -0.4 is 10.1 Å². The lowest BCUT2D eigenvalue weighted by Gasteiger charge is -2.19. The minimum atomic E-state index is -0.284. The second-order valence-electron chi connectivity index (χ2n) is 5.06. The van der Waals surface area contributed by atoms with Gasteiger partial charge in [-0.15, -0.1) is 0 Å². The maximum absolute atomic E-state index is 9.62. The van der Waals surface area contributed by atoms with Crippen molar-refractivity contribution in [3.63, 3.8) is 0 Å². The normalized spacial score (nSPS) is 11.8. The van der Waals surface area contributed by atoms with E-state index in [-0.39, 0.29) is 17.7 Å². The highest BCUT2D eigenvalue weighted by Crippen LogP contribution is 2.17. The first-order valence-electron chi connectivity index (χ1n) is 7.10. The van der Waals surface area contributed by atoms with Gasteiger partial charge in [-0.3, -0.25) is 0 Å². The predicted molar refractivity (Wildman–Crippen MR) is 92.3 cm³/mol. The second kappa shape index (κ2) is 7.85. The van der Waals surface area contributed by atoms with Gasteiger partial charge in [-0.1, -0.05) is 12.1 Å². The quantitative estimate of drug-likeness (QED) is 0.668. The average molecular weight is 333 g/mol. The fourth-order valence-electron chi connectivity index (χ4n) is 2.14. The first-order valence-corrected chi connectivity index (χ1v) is 7.51. The molecule has 0 bridgehead atoms. The molecule has 0 aliphatic carbocycles. The summed E-state index contributed by atoms with van der Waals surface area (Å²) in [7, 11) is 1.61. The monoisotopic (exact) mass is 333 g/mol. The molecule has 6 nitrogen and oxygen atoms in total. The van der Waals surface area contributed by atoms with Gasteiger partial charge in [0, 0.05) is 6.20 Å². The molecule has 122 valence electrons. The number of anilines is 1. The standard InChI is InChI=1S/C16H19N3O3S/c1-10-17-8-14(16(21)23)15(18-10)19-12(9-20)7-11-3-5-13(22-2)6-4-11/h3-6,8,12,20H,7,9H2,1-2H3,(H,21,23)(H,17,18,19). The second-order valence-corrected chi connectivity index (χ2v) is 5.45. The topological polar surface area (TPSA) is 87.5 Å². The van der Waals surface area contributed by atoms with Crippen molar-refractivity contribution in [3.8, 4) is 5.75 Å². The molecule has 0 fully saturated rings. The Hall–Kier alpha value is -2.25. The van der Waals surface area contributed by atoms with E-state index in [1.807, 2.05) is 24.3 Å². The van der Waals surface area contributed by atoms with Crippen molar-refractivity contribution < 1.29 is 14.9 Å². The maximum Gasteiger partial charge on any atom is 0.194 e. The Balaban J connectivity index is 2.15. The van der Waals surface area contributed by atoms with Crippen LogP contribution in [0.2, 0.25) is 0 Å². The van der Waals surface area contributed by atoms with Crippen LogP contribution in [0.25, 0.3) is 0 Å². The van der Waals surface area contributed by atoms with Gasteiger partial charge in [0.05, 0.1) is 25.3 Å². The molecule has 0 aliphatic rings. The van der Waals surface area contributed by atoms with E-state index in [0.29, 0.717) is 23.6 Å². The number of methoxy groups -OCH3 is 1. The number of hydrogen-bond donors (Lipinski definition) is 3. The number of thiocarbonyl (C=S) groups is 1. The zero-order chi connectivity index (χ0) is 16.8. The number of aliphatic hydroxyl groups is 2. The van der Waals surface area contributed by atoms with Crippen LogP contribution in [0.15, 0.2) is 30.5 Å². The third-order valence-corrected chi connectivity index (χ3v) is 3.56. The van der Waals surface area contributed by atoms with Crippen LogP contribution in [0.1, 0.15) is 17.0 Å². The van der Waals surface area contributed by atoms with E-state index in [9.17, 15) is 10.2 Å². The summed E-state index contributed by atoms with van der Waals surface area (Å²) in [4.78, 5) is 8.27. The summed E-state index contributed by atoms with van der Waals surface area (Å²) in [6.45, 7) is 1.65. The highest BCUT2D eigenvalue weighted by atomic mass is 32.1. The predicted octanol–water partition coefficient (Wildman–Crippen LogP) is 2.04. The largest absolute Gasteiger partial charge is 0.498 e. The van der Waals surface area contributed by atoms with Crippen molar-refractivity contribution in [1.82, 2.24) is 9.97 Å². The number of benzene rings is 1. The zero-order valence-electron chi connectivity index (χ0n) is 13.0. The van der Waals surface area contributed by atoms with Crippen LogP contribution >= 0.6 is 12.2 Å².